The van der Waals surface area contributed by atoms with Crippen LogP contribution >= 0.6 is 0 Å². The molecule has 82 valence electrons. The van der Waals surface area contributed by atoms with E-state index in [9.17, 15) is 0 Å². The number of hydrogen-bond acceptors (Lipinski definition) is 2. The molecule has 1 atom stereocenters. The highest BCUT2D eigenvalue weighted by atomic mass is 15.2. The highest BCUT2D eigenvalue weighted by Crippen LogP contribution is 2.34. The number of aryl methyl sites for hydroxylation is 1. The van der Waals surface area contributed by atoms with E-state index in [0.29, 0.717) is 6.04 Å². The maximum atomic E-state index is 3.61. The van der Waals surface area contributed by atoms with Crippen LogP contribution in [0.15, 0.2) is 18.2 Å². The molecule has 2 rings (SSSR count). The number of para-hydroxylation sites is 1. The van der Waals surface area contributed by atoms with E-state index in [1.54, 1.807) is 0 Å². The second-order valence-corrected chi connectivity index (χ2v) is 4.30. The smallest absolute Gasteiger partial charge is 0.0632 e. The third kappa shape index (κ3) is 1.81. The summed E-state index contributed by atoms with van der Waals surface area (Å²) < 4.78 is 0. The summed E-state index contributed by atoms with van der Waals surface area (Å²) in [7, 11) is 2.20. The first kappa shape index (κ1) is 10.3. The summed E-state index contributed by atoms with van der Waals surface area (Å²) >= 11 is 0. The minimum Gasteiger partial charge on any atom is -0.379 e. The van der Waals surface area contributed by atoms with Crippen molar-refractivity contribution in [3.8, 4) is 0 Å². The van der Waals surface area contributed by atoms with E-state index in [1.807, 2.05) is 0 Å². The van der Waals surface area contributed by atoms with Crippen molar-refractivity contribution in [2.24, 2.45) is 0 Å². The first-order valence-electron chi connectivity index (χ1n) is 5.85. The van der Waals surface area contributed by atoms with E-state index in [-0.39, 0.29) is 0 Å². The van der Waals surface area contributed by atoms with Crippen LogP contribution in [0.2, 0.25) is 0 Å². The van der Waals surface area contributed by atoms with Crippen molar-refractivity contribution in [2.45, 2.75) is 32.7 Å². The van der Waals surface area contributed by atoms with E-state index in [0.717, 1.165) is 13.0 Å². The van der Waals surface area contributed by atoms with Gasteiger partial charge >= 0.3 is 0 Å². The van der Waals surface area contributed by atoms with E-state index < -0.39 is 0 Å². The van der Waals surface area contributed by atoms with Gasteiger partial charge in [0.1, 0.15) is 0 Å². The first-order chi connectivity index (χ1) is 7.26. The van der Waals surface area contributed by atoms with Gasteiger partial charge in [0, 0.05) is 19.6 Å². The van der Waals surface area contributed by atoms with E-state index in [1.165, 1.54) is 23.4 Å². The minimum absolute atomic E-state index is 0.592. The summed E-state index contributed by atoms with van der Waals surface area (Å²) in [6.45, 7) is 5.57. The van der Waals surface area contributed by atoms with E-state index in [4.69, 9.17) is 0 Å². The van der Waals surface area contributed by atoms with E-state index >= 15 is 0 Å². The zero-order valence-corrected chi connectivity index (χ0v) is 9.88. The highest BCUT2D eigenvalue weighted by molar-refractivity contribution is 5.75. The number of rotatable bonds is 2. The van der Waals surface area contributed by atoms with Crippen molar-refractivity contribution in [2.75, 3.05) is 23.8 Å². The molecule has 0 spiro atoms. The van der Waals surface area contributed by atoms with Crippen LogP contribution in [-0.4, -0.2) is 19.6 Å². The molecule has 0 bridgehead atoms. The standard InChI is InChI=1S/C13H20N2/c1-4-10-7-6-8-12-13(10)15(3)9-11(5-2)14-12/h6-8,11,14H,4-5,9H2,1-3H3. The maximum absolute atomic E-state index is 3.61. The van der Waals surface area contributed by atoms with Gasteiger partial charge in [0.05, 0.1) is 11.4 Å². The van der Waals surface area contributed by atoms with Gasteiger partial charge in [-0.3, -0.25) is 0 Å². The lowest BCUT2D eigenvalue weighted by Gasteiger charge is -2.36. The first-order valence-corrected chi connectivity index (χ1v) is 5.85. The number of fused-ring (bicyclic) bond motifs is 1. The third-order valence-electron chi connectivity index (χ3n) is 3.23. The fraction of sp³-hybridized carbons (Fsp3) is 0.538. The Labute approximate surface area is 92.3 Å². The predicted molar refractivity (Wildman–Crippen MR) is 66.8 cm³/mol. The Balaban J connectivity index is 2.40. The largest absolute Gasteiger partial charge is 0.379 e. The van der Waals surface area contributed by atoms with Crippen LogP contribution in [0.3, 0.4) is 0 Å². The van der Waals surface area contributed by atoms with Crippen LogP contribution in [-0.2, 0) is 6.42 Å². The molecule has 1 aliphatic rings. The van der Waals surface area contributed by atoms with Gasteiger partial charge in [-0.15, -0.1) is 0 Å². The normalized spacial score (nSPS) is 19.7. The zero-order chi connectivity index (χ0) is 10.8. The summed E-state index contributed by atoms with van der Waals surface area (Å²) in [6.07, 6.45) is 2.28. The Morgan fingerprint density at radius 2 is 2.20 bits per heavy atom. The van der Waals surface area contributed by atoms with Gasteiger partial charge in [-0.1, -0.05) is 26.0 Å². The molecule has 0 amide bonds. The van der Waals surface area contributed by atoms with Gasteiger partial charge in [0.2, 0.25) is 0 Å². The molecule has 1 heterocycles. The average Bonchev–Trinajstić information content (AvgIpc) is 2.27. The van der Waals surface area contributed by atoms with Gasteiger partial charge in [-0.25, -0.2) is 0 Å². The molecule has 0 aliphatic carbocycles. The van der Waals surface area contributed by atoms with Gasteiger partial charge < -0.3 is 10.2 Å². The molecule has 0 saturated carbocycles. The predicted octanol–water partition coefficient (Wildman–Crippen LogP) is 2.89. The van der Waals surface area contributed by atoms with Crippen molar-refractivity contribution in [3.05, 3.63) is 23.8 Å². The average molecular weight is 204 g/mol. The number of nitrogens with zero attached hydrogens (tertiary/aromatic N) is 1. The third-order valence-corrected chi connectivity index (χ3v) is 3.23. The quantitative estimate of drug-likeness (QED) is 0.797. The molecule has 0 radical (unpaired) electrons. The van der Waals surface area contributed by atoms with Crippen LogP contribution in [0.4, 0.5) is 11.4 Å². The molecular formula is C13H20N2. The van der Waals surface area contributed by atoms with Crippen molar-refractivity contribution >= 4 is 11.4 Å². The Hall–Kier alpha value is -1.18. The zero-order valence-electron chi connectivity index (χ0n) is 9.88. The SMILES string of the molecule is CCc1cccc2c1N(C)CC(CC)N2. The number of benzene rings is 1. The van der Waals surface area contributed by atoms with Crippen LogP contribution in [0.5, 0.6) is 0 Å². The van der Waals surface area contributed by atoms with Crippen LogP contribution in [0, 0.1) is 0 Å². The molecule has 1 aromatic carbocycles. The Morgan fingerprint density at radius 3 is 2.87 bits per heavy atom. The van der Waals surface area contributed by atoms with Gasteiger partial charge in [-0.2, -0.15) is 0 Å². The summed E-state index contributed by atoms with van der Waals surface area (Å²) in [5.41, 5.74) is 4.14. The minimum atomic E-state index is 0.592. The number of likely N-dealkylation sites (N-methyl/N-ethyl adjacent to an activating group) is 1. The van der Waals surface area contributed by atoms with Gasteiger partial charge in [0.15, 0.2) is 0 Å². The topological polar surface area (TPSA) is 15.3 Å². The fourth-order valence-corrected chi connectivity index (χ4v) is 2.36. The lowest BCUT2D eigenvalue weighted by atomic mass is 10.0. The molecule has 2 nitrogen and oxygen atoms in total. The number of hydrogen-bond donors (Lipinski definition) is 1. The Bertz CT molecular complexity index is 346. The van der Waals surface area contributed by atoms with Gasteiger partial charge in [0.25, 0.3) is 0 Å². The lowest BCUT2D eigenvalue weighted by Crippen LogP contribution is -2.39. The molecular weight excluding hydrogens is 184 g/mol. The molecule has 15 heavy (non-hydrogen) atoms. The van der Waals surface area contributed by atoms with Crippen molar-refractivity contribution in [3.63, 3.8) is 0 Å². The van der Waals surface area contributed by atoms with Gasteiger partial charge in [-0.05, 0) is 24.5 Å². The van der Waals surface area contributed by atoms with Crippen molar-refractivity contribution < 1.29 is 0 Å². The molecule has 0 fully saturated rings. The van der Waals surface area contributed by atoms with Crippen molar-refractivity contribution in [1.82, 2.24) is 0 Å². The second kappa shape index (κ2) is 4.13. The summed E-state index contributed by atoms with van der Waals surface area (Å²) in [4.78, 5) is 2.39. The molecule has 1 unspecified atom stereocenters. The molecule has 1 aromatic rings. The Morgan fingerprint density at radius 1 is 1.40 bits per heavy atom. The van der Waals surface area contributed by atoms with Crippen molar-refractivity contribution in [1.29, 1.82) is 0 Å². The summed E-state index contributed by atoms with van der Waals surface area (Å²) in [6, 6.07) is 7.15. The molecule has 2 heteroatoms. The highest BCUT2D eigenvalue weighted by Gasteiger charge is 2.21. The fourth-order valence-electron chi connectivity index (χ4n) is 2.36. The summed E-state index contributed by atoms with van der Waals surface area (Å²) in [5, 5.41) is 3.61. The number of nitrogens with one attached hydrogen (secondary N) is 1. The summed E-state index contributed by atoms with van der Waals surface area (Å²) in [5.74, 6) is 0. The van der Waals surface area contributed by atoms with Crippen LogP contribution in [0.25, 0.3) is 0 Å². The van der Waals surface area contributed by atoms with Crippen LogP contribution in [0.1, 0.15) is 25.8 Å². The molecule has 1 aliphatic heterocycles. The molecule has 1 N–H and O–H groups in total. The van der Waals surface area contributed by atoms with Crippen LogP contribution < -0.4 is 10.2 Å². The Kier molecular flexibility index (Phi) is 2.85. The number of anilines is 2. The van der Waals surface area contributed by atoms with E-state index in [2.05, 4.69) is 49.3 Å². The maximum Gasteiger partial charge on any atom is 0.0632 e. The lowest BCUT2D eigenvalue weighted by molar-refractivity contribution is 0.660. The monoisotopic (exact) mass is 204 g/mol. The molecule has 0 saturated heterocycles. The molecule has 0 aromatic heterocycles. The second-order valence-electron chi connectivity index (χ2n) is 4.30.